The fourth-order valence-corrected chi connectivity index (χ4v) is 1.30. The van der Waals surface area contributed by atoms with Gasteiger partial charge in [0, 0.05) is 6.54 Å². The zero-order valence-corrected chi connectivity index (χ0v) is 9.25. The first-order chi connectivity index (χ1) is 7.67. The van der Waals surface area contributed by atoms with E-state index in [1.807, 2.05) is 0 Å². The SMILES string of the molecule is NCC(=O)Nc1cc(CNC=O)ccc1Cl. The maximum absolute atomic E-state index is 11.1. The molecule has 0 aliphatic heterocycles. The molecule has 0 saturated carbocycles. The molecule has 0 radical (unpaired) electrons. The van der Waals surface area contributed by atoms with E-state index < -0.39 is 0 Å². The highest BCUT2D eigenvalue weighted by atomic mass is 35.5. The average molecular weight is 242 g/mol. The Bertz CT molecular complexity index is 396. The highest BCUT2D eigenvalue weighted by Crippen LogP contribution is 2.22. The smallest absolute Gasteiger partial charge is 0.238 e. The van der Waals surface area contributed by atoms with Gasteiger partial charge in [-0.3, -0.25) is 9.59 Å². The van der Waals surface area contributed by atoms with Gasteiger partial charge in [-0.2, -0.15) is 0 Å². The van der Waals surface area contributed by atoms with Crippen LogP contribution < -0.4 is 16.4 Å². The molecule has 86 valence electrons. The summed E-state index contributed by atoms with van der Waals surface area (Å²) in [5, 5.41) is 5.51. The van der Waals surface area contributed by atoms with E-state index >= 15 is 0 Å². The molecule has 0 aromatic heterocycles. The van der Waals surface area contributed by atoms with E-state index in [1.165, 1.54) is 0 Å². The summed E-state index contributed by atoms with van der Waals surface area (Å²) in [6.07, 6.45) is 0.604. The lowest BCUT2D eigenvalue weighted by atomic mass is 10.2. The van der Waals surface area contributed by atoms with Crippen LogP contribution in [0.25, 0.3) is 0 Å². The molecule has 0 fully saturated rings. The van der Waals surface area contributed by atoms with Crippen molar-refractivity contribution in [2.45, 2.75) is 6.54 Å². The zero-order valence-electron chi connectivity index (χ0n) is 8.50. The van der Waals surface area contributed by atoms with Gasteiger partial charge in [-0.15, -0.1) is 0 Å². The molecule has 0 unspecified atom stereocenters. The van der Waals surface area contributed by atoms with Gasteiger partial charge >= 0.3 is 0 Å². The van der Waals surface area contributed by atoms with Crippen LogP contribution in [0.15, 0.2) is 18.2 Å². The summed E-state index contributed by atoms with van der Waals surface area (Å²) in [6, 6.07) is 5.10. The standard InChI is InChI=1S/C10H12ClN3O2/c11-8-2-1-7(5-13-6-15)3-9(8)14-10(16)4-12/h1-3,6H,4-5,12H2,(H,13,15)(H,14,16). The van der Waals surface area contributed by atoms with Crippen LogP contribution in [0.4, 0.5) is 5.69 Å². The van der Waals surface area contributed by atoms with E-state index in [9.17, 15) is 9.59 Å². The molecular weight excluding hydrogens is 230 g/mol. The highest BCUT2D eigenvalue weighted by molar-refractivity contribution is 6.33. The van der Waals surface area contributed by atoms with E-state index in [0.717, 1.165) is 5.56 Å². The Morgan fingerprint density at radius 3 is 2.88 bits per heavy atom. The van der Waals surface area contributed by atoms with Crippen molar-refractivity contribution in [2.24, 2.45) is 5.73 Å². The lowest BCUT2D eigenvalue weighted by Gasteiger charge is -2.08. The molecule has 0 aliphatic rings. The fourth-order valence-electron chi connectivity index (χ4n) is 1.14. The molecular formula is C10H12ClN3O2. The summed E-state index contributed by atoms with van der Waals surface area (Å²) in [6.45, 7) is 0.277. The largest absolute Gasteiger partial charge is 0.355 e. The molecule has 4 N–H and O–H groups in total. The van der Waals surface area contributed by atoms with Gasteiger partial charge in [0.05, 0.1) is 17.3 Å². The number of carbonyl (C=O) groups is 2. The normalized spacial score (nSPS) is 9.62. The summed E-state index contributed by atoms with van der Waals surface area (Å²) in [7, 11) is 0. The number of nitrogens with one attached hydrogen (secondary N) is 2. The van der Waals surface area contributed by atoms with Crippen LogP contribution in [0.5, 0.6) is 0 Å². The predicted molar refractivity (Wildman–Crippen MR) is 62.0 cm³/mol. The summed E-state index contributed by atoms with van der Waals surface area (Å²) in [4.78, 5) is 21.2. The van der Waals surface area contributed by atoms with Crippen molar-refractivity contribution in [3.63, 3.8) is 0 Å². The van der Waals surface area contributed by atoms with Crippen LogP contribution in [-0.2, 0) is 16.1 Å². The van der Waals surface area contributed by atoms with E-state index in [2.05, 4.69) is 10.6 Å². The van der Waals surface area contributed by atoms with E-state index in [-0.39, 0.29) is 12.5 Å². The Kier molecular flexibility index (Phi) is 4.75. The van der Waals surface area contributed by atoms with E-state index in [4.69, 9.17) is 17.3 Å². The number of benzene rings is 1. The second kappa shape index (κ2) is 6.09. The van der Waals surface area contributed by atoms with Crippen LogP contribution >= 0.6 is 11.6 Å². The molecule has 6 heteroatoms. The van der Waals surface area contributed by atoms with E-state index in [1.54, 1.807) is 18.2 Å². The first-order valence-electron chi connectivity index (χ1n) is 4.62. The Balaban J connectivity index is 2.81. The number of hydrogen-bond donors (Lipinski definition) is 3. The van der Waals surface area contributed by atoms with Crippen molar-refractivity contribution >= 4 is 29.6 Å². The van der Waals surface area contributed by atoms with Gasteiger partial charge < -0.3 is 16.4 Å². The van der Waals surface area contributed by atoms with Crippen molar-refractivity contribution in [3.05, 3.63) is 28.8 Å². The van der Waals surface area contributed by atoms with Gasteiger partial charge in [0.25, 0.3) is 0 Å². The molecule has 1 aromatic carbocycles. The third-order valence-corrected chi connectivity index (χ3v) is 2.21. The minimum Gasteiger partial charge on any atom is -0.355 e. The summed E-state index contributed by atoms with van der Waals surface area (Å²) < 4.78 is 0. The zero-order chi connectivity index (χ0) is 12.0. The van der Waals surface area contributed by atoms with Crippen molar-refractivity contribution in [1.29, 1.82) is 0 Å². The molecule has 1 rings (SSSR count). The summed E-state index contributed by atoms with van der Waals surface area (Å²) >= 11 is 5.89. The molecule has 0 bridgehead atoms. The molecule has 0 atom stereocenters. The second-order valence-electron chi connectivity index (χ2n) is 3.07. The first-order valence-corrected chi connectivity index (χ1v) is 5.00. The lowest BCUT2D eigenvalue weighted by Crippen LogP contribution is -2.22. The quantitative estimate of drug-likeness (QED) is 0.656. The Morgan fingerprint density at radius 2 is 2.25 bits per heavy atom. The lowest BCUT2D eigenvalue weighted by molar-refractivity contribution is -0.115. The maximum atomic E-state index is 11.1. The number of carbonyl (C=O) groups excluding carboxylic acids is 2. The van der Waals surface area contributed by atoms with Crippen molar-refractivity contribution < 1.29 is 9.59 Å². The van der Waals surface area contributed by atoms with Crippen LogP contribution in [-0.4, -0.2) is 18.9 Å². The second-order valence-corrected chi connectivity index (χ2v) is 3.47. The van der Waals surface area contributed by atoms with Gasteiger partial charge in [0.15, 0.2) is 0 Å². The molecule has 0 spiro atoms. The van der Waals surface area contributed by atoms with Gasteiger partial charge in [-0.05, 0) is 17.7 Å². The topological polar surface area (TPSA) is 84.2 Å². The molecule has 0 heterocycles. The molecule has 0 saturated heterocycles. The number of anilines is 1. The first kappa shape index (κ1) is 12.5. The Labute approximate surface area is 98.0 Å². The molecule has 0 aliphatic carbocycles. The third kappa shape index (κ3) is 3.52. The van der Waals surface area contributed by atoms with Crippen LogP contribution in [0.3, 0.4) is 0 Å². The monoisotopic (exact) mass is 241 g/mol. The predicted octanol–water partition coefficient (Wildman–Crippen LogP) is 0.483. The number of nitrogens with two attached hydrogens (primary N) is 1. The van der Waals surface area contributed by atoms with E-state index in [0.29, 0.717) is 23.7 Å². The molecule has 5 nitrogen and oxygen atoms in total. The fraction of sp³-hybridized carbons (Fsp3) is 0.200. The third-order valence-electron chi connectivity index (χ3n) is 1.88. The van der Waals surface area contributed by atoms with Crippen molar-refractivity contribution in [3.8, 4) is 0 Å². The van der Waals surface area contributed by atoms with Gasteiger partial charge in [0.1, 0.15) is 0 Å². The molecule has 16 heavy (non-hydrogen) atoms. The Morgan fingerprint density at radius 1 is 1.50 bits per heavy atom. The number of halogens is 1. The number of hydrogen-bond acceptors (Lipinski definition) is 3. The van der Waals surface area contributed by atoms with Crippen molar-refractivity contribution in [1.82, 2.24) is 5.32 Å². The van der Waals surface area contributed by atoms with Crippen LogP contribution in [0, 0.1) is 0 Å². The van der Waals surface area contributed by atoms with Crippen molar-refractivity contribution in [2.75, 3.05) is 11.9 Å². The minimum absolute atomic E-state index is 0.104. The Hall–Kier alpha value is -1.59. The summed E-state index contributed by atoms with van der Waals surface area (Å²) in [5.74, 6) is -0.317. The minimum atomic E-state index is -0.317. The molecule has 2 amide bonds. The van der Waals surface area contributed by atoms with Crippen LogP contribution in [0.2, 0.25) is 5.02 Å². The number of rotatable bonds is 5. The highest BCUT2D eigenvalue weighted by Gasteiger charge is 2.05. The van der Waals surface area contributed by atoms with Gasteiger partial charge in [0.2, 0.25) is 12.3 Å². The van der Waals surface area contributed by atoms with Gasteiger partial charge in [-0.1, -0.05) is 17.7 Å². The maximum Gasteiger partial charge on any atom is 0.238 e. The number of amides is 2. The van der Waals surface area contributed by atoms with Gasteiger partial charge in [-0.25, -0.2) is 0 Å². The summed E-state index contributed by atoms with van der Waals surface area (Å²) in [5.41, 5.74) is 6.50. The average Bonchev–Trinajstić information content (AvgIpc) is 2.30. The van der Waals surface area contributed by atoms with Crippen LogP contribution in [0.1, 0.15) is 5.56 Å². The molecule has 1 aromatic rings.